The summed E-state index contributed by atoms with van der Waals surface area (Å²) in [4.78, 5) is 12.4. The van der Waals surface area contributed by atoms with E-state index in [4.69, 9.17) is 4.74 Å². The number of carbonyl (C=O) groups is 1. The lowest BCUT2D eigenvalue weighted by Crippen LogP contribution is -2.38. The highest BCUT2D eigenvalue weighted by Crippen LogP contribution is 2.43. The number of phenolic OH excluding ortho intramolecular Hbond substituents is 1. The summed E-state index contributed by atoms with van der Waals surface area (Å²) in [6.07, 6.45) is 0. The lowest BCUT2D eigenvalue weighted by molar-refractivity contribution is -0.862. The minimum absolute atomic E-state index is 0.0901. The van der Waals surface area contributed by atoms with Crippen molar-refractivity contribution in [2.45, 2.75) is 58.9 Å². The third-order valence-electron chi connectivity index (χ3n) is 6.21. The van der Waals surface area contributed by atoms with E-state index in [0.717, 1.165) is 22.2 Å². The lowest BCUT2D eigenvalue weighted by atomic mass is 9.78. The molecule has 0 atom stereocenters. The monoisotopic (exact) mass is 509 g/mol. The molecule has 200 valence electrons. The fourth-order valence-electron chi connectivity index (χ4n) is 4.34. The van der Waals surface area contributed by atoms with Crippen LogP contribution in [0.2, 0.25) is 0 Å². The third-order valence-corrected chi connectivity index (χ3v) is 6.21. The van der Waals surface area contributed by atoms with Crippen molar-refractivity contribution in [2.24, 2.45) is 10.2 Å². The van der Waals surface area contributed by atoms with Crippen LogP contribution in [0.1, 0.15) is 58.2 Å². The van der Waals surface area contributed by atoms with E-state index in [-0.39, 0.29) is 34.8 Å². The predicted octanol–water partition coefficient (Wildman–Crippen LogP) is 6.02. The summed E-state index contributed by atoms with van der Waals surface area (Å²) in [7, 11) is 7.27. The van der Waals surface area contributed by atoms with Crippen molar-refractivity contribution in [3.63, 3.8) is 0 Å². The van der Waals surface area contributed by atoms with Gasteiger partial charge < -0.3 is 24.0 Å². The molecule has 2 aromatic carbocycles. The van der Waals surface area contributed by atoms with Crippen LogP contribution in [-0.4, -0.2) is 60.0 Å². The van der Waals surface area contributed by atoms with Crippen molar-refractivity contribution in [3.8, 4) is 17.4 Å². The molecule has 0 aliphatic heterocycles. The van der Waals surface area contributed by atoms with Gasteiger partial charge in [-0.05, 0) is 57.9 Å². The van der Waals surface area contributed by atoms with Crippen LogP contribution in [0.15, 0.2) is 40.6 Å². The van der Waals surface area contributed by atoms with Crippen LogP contribution in [0, 0.1) is 0 Å². The second kappa shape index (κ2) is 9.82. The zero-order valence-electron chi connectivity index (χ0n) is 23.8. The molecule has 0 saturated carbocycles. The third kappa shape index (κ3) is 6.31. The molecule has 1 aromatic heterocycles. The van der Waals surface area contributed by atoms with E-state index in [0.29, 0.717) is 27.9 Å². The Hall–Kier alpha value is -3.39. The van der Waals surface area contributed by atoms with Gasteiger partial charge in [-0.2, -0.15) is 0 Å². The number of hydrogen-bond acceptors (Lipinski definition) is 5. The van der Waals surface area contributed by atoms with Crippen LogP contribution in [-0.2, 0) is 22.2 Å². The summed E-state index contributed by atoms with van der Waals surface area (Å²) in [6.45, 7) is 12.9. The number of fused-ring (bicyclic) bond motifs is 1. The Bertz CT molecular complexity index is 1310. The van der Waals surface area contributed by atoms with Gasteiger partial charge in [-0.15, -0.1) is 10.2 Å². The quantitative estimate of drug-likeness (QED) is 0.314. The van der Waals surface area contributed by atoms with Gasteiger partial charge in [0.2, 0.25) is 5.88 Å². The molecule has 0 aliphatic rings. The maximum absolute atomic E-state index is 12.4. The normalized spacial score (nSPS) is 13.0. The molecule has 37 heavy (non-hydrogen) atoms. The van der Waals surface area contributed by atoms with E-state index in [1.165, 1.54) is 0 Å². The number of rotatable bonds is 6. The van der Waals surface area contributed by atoms with Gasteiger partial charge >= 0.3 is 5.91 Å². The average molecular weight is 510 g/mol. The second-order valence-corrected chi connectivity index (χ2v) is 12.7. The SMILES string of the molecule is COc1ccc2c(c1)c(N=NC(=O)C[N+](C)(C)C)c(O)n2Cc1cc(C(C)(C)C)c(O)c(C(C)(C)C)c1. The number of phenols is 1. The number of ether oxygens (including phenoxy) is 1. The smallest absolute Gasteiger partial charge is 0.319 e. The molecular formula is C29H41N4O4+. The number of likely N-dealkylation sites (N-methyl/N-ethyl adjacent to an activating group) is 1. The second-order valence-electron chi connectivity index (χ2n) is 12.7. The Morgan fingerprint density at radius 1 is 0.973 bits per heavy atom. The van der Waals surface area contributed by atoms with Crippen molar-refractivity contribution in [1.29, 1.82) is 0 Å². The van der Waals surface area contributed by atoms with Gasteiger partial charge in [-0.3, -0.25) is 4.79 Å². The van der Waals surface area contributed by atoms with E-state index in [9.17, 15) is 15.0 Å². The molecule has 1 amide bonds. The average Bonchev–Trinajstić information content (AvgIpc) is 3.00. The zero-order valence-corrected chi connectivity index (χ0v) is 23.8. The van der Waals surface area contributed by atoms with Crippen molar-refractivity contribution in [3.05, 3.63) is 47.0 Å². The van der Waals surface area contributed by atoms with Gasteiger partial charge in [0.25, 0.3) is 0 Å². The van der Waals surface area contributed by atoms with Gasteiger partial charge in [-0.1, -0.05) is 41.5 Å². The molecule has 0 aliphatic carbocycles. The van der Waals surface area contributed by atoms with Crippen molar-refractivity contribution >= 4 is 22.5 Å². The summed E-state index contributed by atoms with van der Waals surface area (Å²) in [5.74, 6) is 0.445. The highest BCUT2D eigenvalue weighted by Gasteiger charge is 2.27. The number of azo groups is 1. The van der Waals surface area contributed by atoms with Crippen LogP contribution >= 0.6 is 0 Å². The van der Waals surface area contributed by atoms with Gasteiger partial charge in [0.15, 0.2) is 12.2 Å². The summed E-state index contributed by atoms with van der Waals surface area (Å²) in [5.41, 5.74) is 3.01. The molecule has 0 radical (unpaired) electrons. The number of carbonyl (C=O) groups excluding carboxylic acids is 1. The summed E-state index contributed by atoms with van der Waals surface area (Å²) < 4.78 is 7.57. The minimum atomic E-state index is -0.376. The predicted molar refractivity (Wildman–Crippen MR) is 147 cm³/mol. The lowest BCUT2D eigenvalue weighted by Gasteiger charge is -2.28. The topological polar surface area (TPSA) is 96.4 Å². The van der Waals surface area contributed by atoms with Gasteiger partial charge in [-0.25, -0.2) is 0 Å². The number of methoxy groups -OCH3 is 1. The van der Waals surface area contributed by atoms with E-state index in [1.807, 2.05) is 45.4 Å². The van der Waals surface area contributed by atoms with Crippen LogP contribution in [0.3, 0.4) is 0 Å². The summed E-state index contributed by atoms with van der Waals surface area (Å²) in [5, 5.41) is 31.1. The number of hydrogen-bond donors (Lipinski definition) is 2. The molecule has 0 fully saturated rings. The van der Waals surface area contributed by atoms with E-state index < -0.39 is 0 Å². The van der Waals surface area contributed by atoms with Crippen molar-refractivity contribution in [1.82, 2.24) is 4.57 Å². The molecule has 3 aromatic rings. The van der Waals surface area contributed by atoms with Crippen molar-refractivity contribution in [2.75, 3.05) is 34.8 Å². The standard InChI is InChI=1S/C29H40N4O4/c1-28(2,3)21-13-18(14-22(26(21)35)29(4,5)6)16-32-23-12-11-19(37-10)15-20(23)25(27(32)36)31-30-24(34)17-33(7,8)9/h11-15H,16-17H2,1-10H3,(H-,30,34,35,36)/p+1. The Balaban J connectivity index is 2.18. The first-order valence-electron chi connectivity index (χ1n) is 12.4. The molecule has 0 saturated heterocycles. The Morgan fingerprint density at radius 3 is 2.03 bits per heavy atom. The van der Waals surface area contributed by atoms with Crippen molar-refractivity contribution < 1.29 is 24.2 Å². The van der Waals surface area contributed by atoms with Gasteiger partial charge in [0.1, 0.15) is 11.5 Å². The summed E-state index contributed by atoms with van der Waals surface area (Å²) >= 11 is 0. The maximum Gasteiger partial charge on any atom is 0.319 e. The first kappa shape index (κ1) is 28.2. The number of quaternary nitrogens is 1. The molecule has 8 nitrogen and oxygen atoms in total. The minimum Gasteiger partial charge on any atom is -0.507 e. The molecule has 0 bridgehead atoms. The number of nitrogens with zero attached hydrogens (tertiary/aromatic N) is 4. The molecular weight excluding hydrogens is 468 g/mol. The molecule has 1 heterocycles. The number of benzene rings is 2. The van der Waals surface area contributed by atoms with E-state index in [1.54, 1.807) is 17.7 Å². The Labute approximate surface area is 219 Å². The maximum atomic E-state index is 12.4. The number of aromatic nitrogens is 1. The highest BCUT2D eigenvalue weighted by molar-refractivity contribution is 5.96. The van der Waals surface area contributed by atoms with Crippen LogP contribution in [0.4, 0.5) is 5.69 Å². The highest BCUT2D eigenvalue weighted by atomic mass is 16.5. The van der Waals surface area contributed by atoms with Crippen LogP contribution in [0.25, 0.3) is 10.9 Å². The van der Waals surface area contributed by atoms with Crippen LogP contribution < -0.4 is 4.74 Å². The zero-order chi connectivity index (χ0) is 27.9. The molecule has 2 N–H and O–H groups in total. The first-order chi connectivity index (χ1) is 16.9. The van der Waals surface area contributed by atoms with Gasteiger partial charge in [0, 0.05) is 5.39 Å². The summed E-state index contributed by atoms with van der Waals surface area (Å²) in [6, 6.07) is 9.44. The number of amides is 1. The fourth-order valence-corrected chi connectivity index (χ4v) is 4.34. The number of aromatic hydroxyl groups is 2. The first-order valence-corrected chi connectivity index (χ1v) is 12.4. The molecule has 8 heteroatoms. The Kier molecular flexibility index (Phi) is 7.48. The van der Waals surface area contributed by atoms with E-state index in [2.05, 4.69) is 51.8 Å². The largest absolute Gasteiger partial charge is 0.507 e. The molecule has 3 rings (SSSR count). The van der Waals surface area contributed by atoms with Gasteiger partial charge in [0.05, 0.1) is 40.3 Å². The Morgan fingerprint density at radius 2 is 1.54 bits per heavy atom. The van der Waals surface area contributed by atoms with E-state index >= 15 is 0 Å². The molecule has 0 unspecified atom stereocenters. The molecule has 0 spiro atoms. The van der Waals surface area contributed by atoms with Crippen LogP contribution in [0.5, 0.6) is 17.4 Å². The fraction of sp³-hybridized carbons (Fsp3) is 0.483.